The summed E-state index contributed by atoms with van der Waals surface area (Å²) in [5.41, 5.74) is 0.271. The molecule has 1 unspecified atom stereocenters. The lowest BCUT2D eigenvalue weighted by molar-refractivity contribution is -0.136. The first kappa shape index (κ1) is 19.1. The van der Waals surface area contributed by atoms with Crippen LogP contribution in [0.4, 0.5) is 0 Å². The molecule has 1 aromatic carbocycles. The van der Waals surface area contributed by atoms with E-state index in [0.29, 0.717) is 6.29 Å². The standard InChI is InChI=1S/C15H18Br2O5/c1-14(2,16)12(19)21-10-5-9(8-18)6-11(7-10)22-13(20)15(3,4)17/h5-8,12,19H,1-4H3. The van der Waals surface area contributed by atoms with Gasteiger partial charge in [-0.15, -0.1) is 0 Å². The Morgan fingerprint density at radius 3 is 2.18 bits per heavy atom. The summed E-state index contributed by atoms with van der Waals surface area (Å²) in [5.74, 6) is -0.126. The topological polar surface area (TPSA) is 72.8 Å². The van der Waals surface area contributed by atoms with E-state index in [4.69, 9.17) is 9.47 Å². The fourth-order valence-corrected chi connectivity index (χ4v) is 1.46. The van der Waals surface area contributed by atoms with E-state index in [2.05, 4.69) is 31.9 Å². The van der Waals surface area contributed by atoms with Crippen molar-refractivity contribution in [1.82, 2.24) is 0 Å². The van der Waals surface area contributed by atoms with E-state index in [0.717, 1.165) is 0 Å². The van der Waals surface area contributed by atoms with E-state index in [1.54, 1.807) is 27.7 Å². The molecular weight excluding hydrogens is 420 g/mol. The third kappa shape index (κ3) is 5.70. The van der Waals surface area contributed by atoms with Crippen molar-refractivity contribution in [1.29, 1.82) is 0 Å². The van der Waals surface area contributed by atoms with Gasteiger partial charge in [-0.3, -0.25) is 9.59 Å². The van der Waals surface area contributed by atoms with Crippen LogP contribution in [0.5, 0.6) is 11.5 Å². The molecule has 122 valence electrons. The largest absolute Gasteiger partial charge is 0.463 e. The zero-order valence-electron chi connectivity index (χ0n) is 12.7. The second-order valence-electron chi connectivity index (χ2n) is 5.75. The molecule has 0 amide bonds. The average molecular weight is 438 g/mol. The molecule has 0 aliphatic heterocycles. The normalized spacial score (nSPS) is 13.4. The number of carbonyl (C=O) groups is 2. The molecule has 0 aliphatic carbocycles. The Bertz CT molecular complexity index is 558. The van der Waals surface area contributed by atoms with Crippen molar-refractivity contribution in [3.63, 3.8) is 0 Å². The number of alkyl halides is 2. The van der Waals surface area contributed by atoms with Crippen LogP contribution in [0.2, 0.25) is 0 Å². The first-order valence-electron chi connectivity index (χ1n) is 6.48. The smallest absolute Gasteiger partial charge is 0.327 e. The van der Waals surface area contributed by atoms with Crippen LogP contribution in [0, 0.1) is 0 Å². The Morgan fingerprint density at radius 1 is 1.18 bits per heavy atom. The summed E-state index contributed by atoms with van der Waals surface area (Å²) in [5, 5.41) is 9.93. The maximum Gasteiger partial charge on any atom is 0.327 e. The molecule has 1 aromatic rings. The van der Waals surface area contributed by atoms with Gasteiger partial charge in [0, 0.05) is 11.6 Å². The van der Waals surface area contributed by atoms with Gasteiger partial charge in [-0.05, 0) is 39.8 Å². The van der Waals surface area contributed by atoms with E-state index < -0.39 is 20.9 Å². The number of hydrogen-bond acceptors (Lipinski definition) is 5. The lowest BCUT2D eigenvalue weighted by atomic mass is 10.2. The molecule has 0 aliphatic rings. The summed E-state index contributed by atoms with van der Waals surface area (Å²) in [6.07, 6.45) is -0.541. The fourth-order valence-electron chi connectivity index (χ4n) is 1.29. The molecule has 0 fully saturated rings. The van der Waals surface area contributed by atoms with Gasteiger partial charge in [-0.1, -0.05) is 31.9 Å². The van der Waals surface area contributed by atoms with E-state index in [1.165, 1.54) is 18.2 Å². The second kappa shape index (κ2) is 7.10. The number of esters is 1. The lowest BCUT2D eigenvalue weighted by Crippen LogP contribution is -2.34. The Kier molecular flexibility index (Phi) is 6.18. The first-order valence-corrected chi connectivity index (χ1v) is 8.07. The lowest BCUT2D eigenvalue weighted by Gasteiger charge is -2.24. The minimum Gasteiger partial charge on any atom is -0.463 e. The molecule has 1 N–H and O–H groups in total. The van der Waals surface area contributed by atoms with Gasteiger partial charge in [-0.25, -0.2) is 0 Å². The van der Waals surface area contributed by atoms with Crippen LogP contribution in [0.25, 0.3) is 0 Å². The molecule has 1 rings (SSSR count). The van der Waals surface area contributed by atoms with Gasteiger partial charge in [0.25, 0.3) is 0 Å². The zero-order chi connectivity index (χ0) is 17.1. The molecule has 22 heavy (non-hydrogen) atoms. The molecule has 7 heteroatoms. The highest BCUT2D eigenvalue weighted by molar-refractivity contribution is 9.10. The van der Waals surface area contributed by atoms with Crippen LogP contribution in [-0.2, 0) is 4.79 Å². The number of rotatable bonds is 6. The third-order valence-corrected chi connectivity index (χ3v) is 3.28. The van der Waals surface area contributed by atoms with Gasteiger partial charge < -0.3 is 14.6 Å². The maximum absolute atomic E-state index is 11.9. The molecular formula is C15H18Br2O5. The Hall–Kier alpha value is -0.920. The highest BCUT2D eigenvalue weighted by Crippen LogP contribution is 2.29. The van der Waals surface area contributed by atoms with E-state index in [9.17, 15) is 14.7 Å². The number of aliphatic hydroxyl groups excluding tert-OH is 1. The fraction of sp³-hybridized carbons (Fsp3) is 0.467. The van der Waals surface area contributed by atoms with Crippen LogP contribution < -0.4 is 9.47 Å². The molecule has 5 nitrogen and oxygen atoms in total. The van der Waals surface area contributed by atoms with Crippen LogP contribution >= 0.6 is 31.9 Å². The van der Waals surface area contributed by atoms with Gasteiger partial charge in [0.15, 0.2) is 0 Å². The summed E-state index contributed by atoms with van der Waals surface area (Å²) in [7, 11) is 0. The molecule has 0 aromatic heterocycles. The number of carbonyl (C=O) groups excluding carboxylic acids is 2. The number of hydrogen-bond donors (Lipinski definition) is 1. The minimum absolute atomic E-state index is 0.164. The number of aldehydes is 1. The SMILES string of the molecule is CC(C)(Br)C(=O)Oc1cc(C=O)cc(OC(O)C(C)(C)Br)c1. The molecule has 0 heterocycles. The van der Waals surface area contributed by atoms with Crippen molar-refractivity contribution >= 4 is 44.1 Å². The number of aliphatic hydroxyl groups is 1. The summed E-state index contributed by atoms with van der Waals surface area (Å²) >= 11 is 6.49. The second-order valence-corrected chi connectivity index (χ2v) is 9.78. The van der Waals surface area contributed by atoms with Crippen molar-refractivity contribution in [3.05, 3.63) is 23.8 Å². The Morgan fingerprint density at radius 2 is 1.73 bits per heavy atom. The van der Waals surface area contributed by atoms with Crippen molar-refractivity contribution in [2.24, 2.45) is 0 Å². The predicted molar refractivity (Wildman–Crippen MR) is 90.1 cm³/mol. The summed E-state index contributed by atoms with van der Waals surface area (Å²) < 4.78 is 9.05. The molecule has 0 saturated heterocycles. The number of ether oxygens (including phenoxy) is 2. The van der Waals surface area contributed by atoms with Crippen LogP contribution in [-0.4, -0.2) is 32.3 Å². The summed E-state index contributed by atoms with van der Waals surface area (Å²) in [4.78, 5) is 22.9. The monoisotopic (exact) mass is 436 g/mol. The number of benzene rings is 1. The zero-order valence-corrected chi connectivity index (χ0v) is 15.9. The molecule has 0 radical (unpaired) electrons. The van der Waals surface area contributed by atoms with Gasteiger partial charge in [0.05, 0.1) is 4.32 Å². The van der Waals surface area contributed by atoms with Crippen LogP contribution in [0.15, 0.2) is 18.2 Å². The number of halogens is 2. The molecule has 0 bridgehead atoms. The van der Waals surface area contributed by atoms with Gasteiger partial charge in [0.1, 0.15) is 22.1 Å². The molecule has 0 spiro atoms. The highest BCUT2D eigenvalue weighted by Gasteiger charge is 2.28. The van der Waals surface area contributed by atoms with Gasteiger partial charge in [0.2, 0.25) is 6.29 Å². The molecule has 0 saturated carbocycles. The van der Waals surface area contributed by atoms with Crippen LogP contribution in [0.3, 0.4) is 0 Å². The van der Waals surface area contributed by atoms with Gasteiger partial charge in [-0.2, -0.15) is 0 Å². The van der Waals surface area contributed by atoms with Crippen molar-refractivity contribution < 1.29 is 24.2 Å². The van der Waals surface area contributed by atoms with Crippen LogP contribution in [0.1, 0.15) is 38.1 Å². The summed E-state index contributed by atoms with van der Waals surface area (Å²) in [6.45, 7) is 6.76. The predicted octanol–water partition coefficient (Wildman–Crippen LogP) is 3.45. The summed E-state index contributed by atoms with van der Waals surface area (Å²) in [6, 6.07) is 4.30. The van der Waals surface area contributed by atoms with Crippen molar-refractivity contribution in [2.75, 3.05) is 0 Å². The Labute approximate surface area is 146 Å². The third-order valence-electron chi connectivity index (χ3n) is 2.57. The maximum atomic E-state index is 11.9. The van der Waals surface area contributed by atoms with Gasteiger partial charge >= 0.3 is 5.97 Å². The van der Waals surface area contributed by atoms with E-state index in [-0.39, 0.29) is 17.1 Å². The minimum atomic E-state index is -1.15. The van der Waals surface area contributed by atoms with Crippen molar-refractivity contribution in [3.8, 4) is 11.5 Å². The van der Waals surface area contributed by atoms with E-state index >= 15 is 0 Å². The first-order chi connectivity index (χ1) is 9.93. The average Bonchev–Trinajstić information content (AvgIpc) is 2.36. The molecule has 1 atom stereocenters. The Balaban J connectivity index is 3.04. The van der Waals surface area contributed by atoms with E-state index in [1.807, 2.05) is 0 Å². The highest BCUT2D eigenvalue weighted by atomic mass is 79.9. The van der Waals surface area contributed by atoms with Crippen molar-refractivity contribution in [2.45, 2.75) is 42.6 Å². The quantitative estimate of drug-likeness (QED) is 0.242.